The predicted molar refractivity (Wildman–Crippen MR) is 77.5 cm³/mol. The SMILES string of the molecule is CC(Nc1cnn(CC2CCCO2)c1)c1cccnc1. The largest absolute Gasteiger partial charge is 0.376 e. The Hall–Kier alpha value is -1.88. The van der Waals surface area contributed by atoms with E-state index < -0.39 is 0 Å². The van der Waals surface area contributed by atoms with Crippen LogP contribution in [0, 0.1) is 0 Å². The summed E-state index contributed by atoms with van der Waals surface area (Å²) in [7, 11) is 0. The maximum atomic E-state index is 5.63. The van der Waals surface area contributed by atoms with E-state index >= 15 is 0 Å². The molecule has 0 radical (unpaired) electrons. The van der Waals surface area contributed by atoms with E-state index in [4.69, 9.17) is 4.74 Å². The zero-order valence-electron chi connectivity index (χ0n) is 11.7. The second kappa shape index (κ2) is 6.05. The predicted octanol–water partition coefficient (Wildman–Crippen LogP) is 2.63. The van der Waals surface area contributed by atoms with Crippen LogP contribution in [0.3, 0.4) is 0 Å². The molecule has 1 fully saturated rings. The van der Waals surface area contributed by atoms with Gasteiger partial charge in [-0.3, -0.25) is 9.67 Å². The zero-order chi connectivity index (χ0) is 13.8. The maximum absolute atomic E-state index is 5.63. The highest BCUT2D eigenvalue weighted by Gasteiger charge is 2.16. The average Bonchev–Trinajstić information content (AvgIpc) is 3.12. The monoisotopic (exact) mass is 272 g/mol. The van der Waals surface area contributed by atoms with Gasteiger partial charge in [-0.05, 0) is 31.4 Å². The summed E-state index contributed by atoms with van der Waals surface area (Å²) in [6.45, 7) is 3.84. The number of rotatable bonds is 5. The van der Waals surface area contributed by atoms with Gasteiger partial charge in [0.1, 0.15) is 0 Å². The van der Waals surface area contributed by atoms with E-state index in [9.17, 15) is 0 Å². The van der Waals surface area contributed by atoms with Crippen LogP contribution in [0.2, 0.25) is 0 Å². The molecule has 0 aliphatic carbocycles. The number of hydrogen-bond acceptors (Lipinski definition) is 4. The summed E-state index contributed by atoms with van der Waals surface area (Å²) in [5, 5.41) is 7.82. The first kappa shape index (κ1) is 13.1. The van der Waals surface area contributed by atoms with Crippen LogP contribution in [-0.4, -0.2) is 27.5 Å². The van der Waals surface area contributed by atoms with Gasteiger partial charge in [0.2, 0.25) is 0 Å². The van der Waals surface area contributed by atoms with Crippen LogP contribution >= 0.6 is 0 Å². The van der Waals surface area contributed by atoms with Crippen LogP contribution in [0.1, 0.15) is 31.4 Å². The molecule has 0 spiro atoms. The van der Waals surface area contributed by atoms with E-state index in [1.54, 1.807) is 6.20 Å². The third-order valence-electron chi connectivity index (χ3n) is 3.62. The molecule has 106 valence electrons. The molecule has 0 aromatic carbocycles. The number of pyridine rings is 1. The molecule has 1 aliphatic rings. The first-order valence-electron chi connectivity index (χ1n) is 7.12. The lowest BCUT2D eigenvalue weighted by Crippen LogP contribution is -2.15. The van der Waals surface area contributed by atoms with Crippen LogP contribution in [-0.2, 0) is 11.3 Å². The van der Waals surface area contributed by atoms with Crippen LogP contribution in [0.15, 0.2) is 36.9 Å². The number of nitrogens with zero attached hydrogens (tertiary/aromatic N) is 3. The molecule has 20 heavy (non-hydrogen) atoms. The number of anilines is 1. The molecule has 3 heterocycles. The summed E-state index contributed by atoms with van der Waals surface area (Å²) in [5.41, 5.74) is 2.19. The van der Waals surface area contributed by atoms with Crippen molar-refractivity contribution in [2.45, 2.75) is 38.5 Å². The smallest absolute Gasteiger partial charge is 0.0771 e. The molecular weight excluding hydrogens is 252 g/mol. The Morgan fingerprint density at radius 1 is 1.50 bits per heavy atom. The van der Waals surface area contributed by atoms with Crippen molar-refractivity contribution in [1.29, 1.82) is 0 Å². The zero-order valence-corrected chi connectivity index (χ0v) is 11.7. The first-order valence-corrected chi connectivity index (χ1v) is 7.12. The highest BCUT2D eigenvalue weighted by molar-refractivity contribution is 5.41. The lowest BCUT2D eigenvalue weighted by molar-refractivity contribution is 0.0940. The fourth-order valence-electron chi connectivity index (χ4n) is 2.50. The minimum Gasteiger partial charge on any atom is -0.376 e. The number of nitrogens with one attached hydrogen (secondary N) is 1. The lowest BCUT2D eigenvalue weighted by atomic mass is 10.1. The fraction of sp³-hybridized carbons (Fsp3) is 0.467. The van der Waals surface area contributed by atoms with Crippen molar-refractivity contribution in [2.24, 2.45) is 0 Å². The number of ether oxygens (including phenoxy) is 1. The van der Waals surface area contributed by atoms with Crippen molar-refractivity contribution in [3.05, 3.63) is 42.5 Å². The Morgan fingerprint density at radius 3 is 3.20 bits per heavy atom. The van der Waals surface area contributed by atoms with Gasteiger partial charge in [-0.15, -0.1) is 0 Å². The van der Waals surface area contributed by atoms with Gasteiger partial charge in [0, 0.05) is 25.2 Å². The molecule has 5 nitrogen and oxygen atoms in total. The summed E-state index contributed by atoms with van der Waals surface area (Å²) < 4.78 is 7.58. The van der Waals surface area contributed by atoms with Crippen LogP contribution in [0.5, 0.6) is 0 Å². The first-order chi connectivity index (χ1) is 9.81. The molecular formula is C15H20N4O. The minimum atomic E-state index is 0.212. The average molecular weight is 272 g/mol. The van der Waals surface area contributed by atoms with Crippen LogP contribution in [0.4, 0.5) is 5.69 Å². The molecule has 1 aliphatic heterocycles. The summed E-state index contributed by atoms with van der Waals surface area (Å²) in [5.74, 6) is 0. The van der Waals surface area contributed by atoms with Crippen molar-refractivity contribution < 1.29 is 4.74 Å². The molecule has 2 unspecified atom stereocenters. The Balaban J connectivity index is 1.59. The van der Waals surface area contributed by atoms with Gasteiger partial charge in [0.25, 0.3) is 0 Å². The van der Waals surface area contributed by atoms with Gasteiger partial charge in [0.15, 0.2) is 0 Å². The molecule has 2 aromatic rings. The molecule has 0 saturated carbocycles. The highest BCUT2D eigenvalue weighted by Crippen LogP contribution is 2.19. The third-order valence-corrected chi connectivity index (χ3v) is 3.62. The fourth-order valence-corrected chi connectivity index (χ4v) is 2.50. The second-order valence-corrected chi connectivity index (χ2v) is 5.24. The topological polar surface area (TPSA) is 52.0 Å². The van der Waals surface area contributed by atoms with Crippen LogP contribution in [0.25, 0.3) is 0 Å². The van der Waals surface area contributed by atoms with Crippen molar-refractivity contribution in [2.75, 3.05) is 11.9 Å². The van der Waals surface area contributed by atoms with Gasteiger partial charge in [0.05, 0.1) is 30.6 Å². The summed E-state index contributed by atoms with van der Waals surface area (Å²) >= 11 is 0. The van der Waals surface area contributed by atoms with Gasteiger partial charge in [-0.2, -0.15) is 5.10 Å². The Labute approximate surface area is 119 Å². The molecule has 0 bridgehead atoms. The van der Waals surface area contributed by atoms with Crippen molar-refractivity contribution >= 4 is 5.69 Å². The van der Waals surface area contributed by atoms with Gasteiger partial charge in [-0.25, -0.2) is 0 Å². The van der Waals surface area contributed by atoms with Gasteiger partial charge < -0.3 is 10.1 Å². The van der Waals surface area contributed by atoms with E-state index in [-0.39, 0.29) is 6.04 Å². The Bertz CT molecular complexity index is 534. The maximum Gasteiger partial charge on any atom is 0.0771 e. The van der Waals surface area contributed by atoms with E-state index in [1.807, 2.05) is 29.3 Å². The summed E-state index contributed by atoms with van der Waals surface area (Å²) in [4.78, 5) is 4.14. The quantitative estimate of drug-likeness (QED) is 0.909. The van der Waals surface area contributed by atoms with Crippen molar-refractivity contribution in [1.82, 2.24) is 14.8 Å². The summed E-state index contributed by atoms with van der Waals surface area (Å²) in [6.07, 6.45) is 10.2. The molecule has 5 heteroatoms. The number of hydrogen-bond donors (Lipinski definition) is 1. The van der Waals surface area contributed by atoms with E-state index in [0.717, 1.165) is 31.7 Å². The van der Waals surface area contributed by atoms with Crippen molar-refractivity contribution in [3.8, 4) is 0 Å². The standard InChI is InChI=1S/C15H20N4O/c1-12(13-4-2-6-16-8-13)18-14-9-17-19(10-14)11-15-5-3-7-20-15/h2,4,6,8-10,12,15,18H,3,5,7,11H2,1H3. The molecule has 3 rings (SSSR count). The Morgan fingerprint density at radius 2 is 2.45 bits per heavy atom. The summed E-state index contributed by atoms with van der Waals surface area (Å²) in [6, 6.07) is 4.24. The molecule has 1 saturated heterocycles. The van der Waals surface area contributed by atoms with Gasteiger partial charge >= 0.3 is 0 Å². The number of aromatic nitrogens is 3. The van der Waals surface area contributed by atoms with E-state index in [1.165, 1.54) is 5.56 Å². The highest BCUT2D eigenvalue weighted by atomic mass is 16.5. The minimum absolute atomic E-state index is 0.212. The normalized spacial score (nSPS) is 19.9. The molecule has 1 N–H and O–H groups in total. The van der Waals surface area contributed by atoms with E-state index in [2.05, 4.69) is 28.4 Å². The van der Waals surface area contributed by atoms with Gasteiger partial charge in [-0.1, -0.05) is 6.07 Å². The molecule has 2 atom stereocenters. The molecule has 2 aromatic heterocycles. The second-order valence-electron chi connectivity index (χ2n) is 5.24. The van der Waals surface area contributed by atoms with Crippen molar-refractivity contribution in [3.63, 3.8) is 0 Å². The lowest BCUT2D eigenvalue weighted by Gasteiger charge is -2.13. The third kappa shape index (κ3) is 3.17. The van der Waals surface area contributed by atoms with Crippen LogP contribution < -0.4 is 5.32 Å². The molecule has 0 amide bonds. The van der Waals surface area contributed by atoms with E-state index in [0.29, 0.717) is 6.10 Å². The Kier molecular flexibility index (Phi) is 3.97.